The van der Waals surface area contributed by atoms with Crippen molar-refractivity contribution in [3.8, 4) is 5.75 Å². The molecule has 0 spiro atoms. The summed E-state index contributed by atoms with van der Waals surface area (Å²) in [6.07, 6.45) is -0.186. The van der Waals surface area contributed by atoms with E-state index in [0.29, 0.717) is 16.5 Å². The number of carbonyl (C=O) groups is 2. The zero-order chi connectivity index (χ0) is 20.8. The molecule has 0 fully saturated rings. The number of carbonyl (C=O) groups excluding carboxylic acids is 2. The third kappa shape index (κ3) is 5.18. The van der Waals surface area contributed by atoms with Crippen LogP contribution in [0.3, 0.4) is 0 Å². The van der Waals surface area contributed by atoms with Crippen molar-refractivity contribution in [3.63, 3.8) is 0 Å². The Bertz CT molecular complexity index is 1120. The molecule has 29 heavy (non-hydrogen) atoms. The monoisotopic (exact) mass is 414 g/mol. The summed E-state index contributed by atoms with van der Waals surface area (Å²) in [7, 11) is 0. The maximum atomic E-state index is 12.7. The van der Waals surface area contributed by atoms with Crippen LogP contribution in [0.4, 0.5) is 0 Å². The van der Waals surface area contributed by atoms with Crippen LogP contribution in [0.5, 0.6) is 5.75 Å². The maximum Gasteiger partial charge on any atom is 0.344 e. The fourth-order valence-electron chi connectivity index (χ4n) is 2.53. The topological polar surface area (TPSA) is 99.1 Å². The molecule has 8 heteroatoms. The van der Waals surface area contributed by atoms with Crippen LogP contribution >= 0.6 is 11.3 Å². The van der Waals surface area contributed by atoms with Gasteiger partial charge in [-0.2, -0.15) is 0 Å². The van der Waals surface area contributed by atoms with Crippen molar-refractivity contribution < 1.29 is 28.9 Å². The standard InChI is InChI=1S/C21H18O7S/c1-2-19(23)27-10-13(22)11-28-20(24)12-26-14-7-8-18-16(9-14)21(25)15-5-3-4-6-17(15)29-18/h2-9,13,22H,1,10-12H2. The van der Waals surface area contributed by atoms with Gasteiger partial charge in [0.25, 0.3) is 0 Å². The van der Waals surface area contributed by atoms with Crippen LogP contribution in [0, 0.1) is 0 Å². The molecule has 0 bridgehead atoms. The minimum atomic E-state index is -1.15. The summed E-state index contributed by atoms with van der Waals surface area (Å²) in [5, 5.41) is 10.7. The number of hydrogen-bond acceptors (Lipinski definition) is 8. The molecule has 1 unspecified atom stereocenters. The van der Waals surface area contributed by atoms with Gasteiger partial charge in [-0.3, -0.25) is 4.79 Å². The van der Waals surface area contributed by atoms with Crippen molar-refractivity contribution in [1.82, 2.24) is 0 Å². The summed E-state index contributed by atoms with van der Waals surface area (Å²) in [6, 6.07) is 12.4. The summed E-state index contributed by atoms with van der Waals surface area (Å²) in [6.45, 7) is 2.18. The average Bonchev–Trinajstić information content (AvgIpc) is 2.74. The number of rotatable bonds is 8. The third-order valence-corrected chi connectivity index (χ3v) is 5.08. The Labute approximate surface area is 169 Å². The van der Waals surface area contributed by atoms with E-state index in [1.54, 1.807) is 24.3 Å². The molecule has 0 radical (unpaired) electrons. The summed E-state index contributed by atoms with van der Waals surface area (Å²) in [5.41, 5.74) is -0.0976. The molecular formula is C21H18O7S. The van der Waals surface area contributed by atoms with Gasteiger partial charge in [0, 0.05) is 26.2 Å². The molecular weight excluding hydrogens is 396 g/mol. The summed E-state index contributed by atoms with van der Waals surface area (Å²) in [5.74, 6) is -1.03. The van der Waals surface area contributed by atoms with Gasteiger partial charge in [-0.05, 0) is 30.3 Å². The lowest BCUT2D eigenvalue weighted by Gasteiger charge is -2.12. The fourth-order valence-corrected chi connectivity index (χ4v) is 3.58. The normalized spacial score (nSPS) is 11.8. The zero-order valence-electron chi connectivity index (χ0n) is 15.3. The molecule has 0 aliphatic rings. The van der Waals surface area contributed by atoms with Gasteiger partial charge in [-0.15, -0.1) is 11.3 Å². The first kappa shape index (κ1) is 20.5. The Balaban J connectivity index is 1.59. The molecule has 1 heterocycles. The Hall–Kier alpha value is -3.23. The van der Waals surface area contributed by atoms with Crippen molar-refractivity contribution in [2.24, 2.45) is 0 Å². The summed E-state index contributed by atoms with van der Waals surface area (Å²) >= 11 is 1.50. The third-order valence-electron chi connectivity index (χ3n) is 3.93. The van der Waals surface area contributed by atoms with Crippen molar-refractivity contribution >= 4 is 43.4 Å². The Kier molecular flexibility index (Phi) is 6.58. The molecule has 150 valence electrons. The minimum Gasteiger partial charge on any atom is -0.482 e. The number of hydrogen-bond donors (Lipinski definition) is 1. The fraction of sp³-hybridized carbons (Fsp3) is 0.190. The van der Waals surface area contributed by atoms with Crippen LogP contribution in [-0.4, -0.2) is 43.0 Å². The SMILES string of the molecule is C=CC(=O)OCC(O)COC(=O)COc1ccc2sc3ccccc3c(=O)c2c1. The van der Waals surface area contributed by atoms with Gasteiger partial charge in [0.1, 0.15) is 25.1 Å². The highest BCUT2D eigenvalue weighted by Crippen LogP contribution is 2.27. The summed E-state index contributed by atoms with van der Waals surface area (Å²) in [4.78, 5) is 35.4. The number of aliphatic hydroxyl groups excluding tert-OH is 1. The van der Waals surface area contributed by atoms with Crippen molar-refractivity contribution in [3.05, 3.63) is 65.3 Å². The van der Waals surface area contributed by atoms with Gasteiger partial charge < -0.3 is 19.3 Å². The minimum absolute atomic E-state index is 0.0976. The second kappa shape index (κ2) is 9.31. The Morgan fingerprint density at radius 2 is 1.79 bits per heavy atom. The van der Waals surface area contributed by atoms with Crippen LogP contribution in [-0.2, 0) is 19.1 Å². The molecule has 0 aliphatic carbocycles. The van der Waals surface area contributed by atoms with E-state index in [1.165, 1.54) is 11.3 Å². The first-order valence-corrected chi connectivity index (χ1v) is 9.51. The predicted octanol–water partition coefficient (Wildman–Crippen LogP) is 2.43. The number of fused-ring (bicyclic) bond motifs is 2. The largest absolute Gasteiger partial charge is 0.482 e. The van der Waals surface area contributed by atoms with Crippen LogP contribution in [0.2, 0.25) is 0 Å². The first-order valence-electron chi connectivity index (χ1n) is 8.69. The molecule has 0 saturated heterocycles. The smallest absolute Gasteiger partial charge is 0.344 e. The van der Waals surface area contributed by atoms with Gasteiger partial charge >= 0.3 is 11.9 Å². The number of benzene rings is 2. The van der Waals surface area contributed by atoms with Crippen molar-refractivity contribution in [2.75, 3.05) is 19.8 Å². The molecule has 1 aromatic heterocycles. The van der Waals surface area contributed by atoms with E-state index in [4.69, 9.17) is 9.47 Å². The van der Waals surface area contributed by atoms with Crippen LogP contribution < -0.4 is 10.2 Å². The quantitative estimate of drug-likeness (QED) is 0.343. The van der Waals surface area contributed by atoms with Gasteiger partial charge in [-0.1, -0.05) is 18.7 Å². The van der Waals surface area contributed by atoms with E-state index >= 15 is 0 Å². The number of esters is 2. The van der Waals surface area contributed by atoms with Gasteiger partial charge in [0.15, 0.2) is 12.0 Å². The maximum absolute atomic E-state index is 12.7. The summed E-state index contributed by atoms with van der Waals surface area (Å²) < 4.78 is 16.6. The van der Waals surface area contributed by atoms with Crippen molar-refractivity contribution in [1.29, 1.82) is 0 Å². The van der Waals surface area contributed by atoms with E-state index in [2.05, 4.69) is 11.3 Å². The van der Waals surface area contributed by atoms with Gasteiger partial charge in [-0.25, -0.2) is 9.59 Å². The molecule has 0 saturated carbocycles. The molecule has 1 atom stereocenters. The van der Waals surface area contributed by atoms with Gasteiger partial charge in [0.2, 0.25) is 0 Å². The van der Waals surface area contributed by atoms with E-state index in [9.17, 15) is 19.5 Å². The highest BCUT2D eigenvalue weighted by Gasteiger charge is 2.12. The molecule has 1 N–H and O–H groups in total. The molecule has 3 aromatic rings. The van der Waals surface area contributed by atoms with E-state index < -0.39 is 24.6 Å². The van der Waals surface area contributed by atoms with Crippen molar-refractivity contribution in [2.45, 2.75) is 6.10 Å². The van der Waals surface area contributed by atoms with E-state index in [1.807, 2.05) is 18.2 Å². The lowest BCUT2D eigenvalue weighted by molar-refractivity contribution is -0.151. The molecule has 2 aromatic carbocycles. The second-order valence-corrected chi connectivity index (χ2v) is 7.13. The van der Waals surface area contributed by atoms with Gasteiger partial charge in [0.05, 0.1) is 0 Å². The van der Waals surface area contributed by atoms with Crippen LogP contribution in [0.15, 0.2) is 59.9 Å². The van der Waals surface area contributed by atoms with Crippen LogP contribution in [0.1, 0.15) is 0 Å². The van der Waals surface area contributed by atoms with E-state index in [-0.39, 0.29) is 18.6 Å². The van der Waals surface area contributed by atoms with Crippen LogP contribution in [0.25, 0.3) is 20.2 Å². The lowest BCUT2D eigenvalue weighted by atomic mass is 10.2. The predicted molar refractivity (Wildman–Crippen MR) is 109 cm³/mol. The molecule has 7 nitrogen and oxygen atoms in total. The molecule has 3 rings (SSSR count). The first-order chi connectivity index (χ1) is 14.0. The Morgan fingerprint density at radius 3 is 2.59 bits per heavy atom. The average molecular weight is 414 g/mol. The number of ether oxygens (including phenoxy) is 3. The number of aliphatic hydroxyl groups is 1. The Morgan fingerprint density at radius 1 is 1.07 bits per heavy atom. The highest BCUT2D eigenvalue weighted by atomic mass is 32.1. The van der Waals surface area contributed by atoms with E-state index in [0.717, 1.165) is 15.5 Å². The molecule has 0 amide bonds. The highest BCUT2D eigenvalue weighted by molar-refractivity contribution is 7.24. The second-order valence-electron chi connectivity index (χ2n) is 6.04. The zero-order valence-corrected chi connectivity index (χ0v) is 16.1. The molecule has 0 aliphatic heterocycles. The lowest BCUT2D eigenvalue weighted by Crippen LogP contribution is -2.26.